The number of para-hydroxylation sites is 1. The molecule has 2 N–H and O–H groups in total. The first-order valence-electron chi connectivity index (χ1n) is 8.43. The summed E-state index contributed by atoms with van der Waals surface area (Å²) in [6, 6.07) is 8.46. The van der Waals surface area contributed by atoms with Gasteiger partial charge < -0.3 is 19.9 Å². The number of thiazole rings is 1. The molecular weight excluding hydrogens is 320 g/mol. The summed E-state index contributed by atoms with van der Waals surface area (Å²) in [7, 11) is 0. The monoisotopic (exact) mass is 342 g/mol. The van der Waals surface area contributed by atoms with E-state index in [0.29, 0.717) is 0 Å². The van der Waals surface area contributed by atoms with E-state index in [1.807, 2.05) is 6.20 Å². The van der Waals surface area contributed by atoms with Crippen LogP contribution in [0.25, 0.3) is 10.9 Å². The van der Waals surface area contributed by atoms with E-state index in [2.05, 4.69) is 50.6 Å². The third-order valence-electron chi connectivity index (χ3n) is 4.37. The second kappa shape index (κ2) is 7.34. The fourth-order valence-electron chi connectivity index (χ4n) is 3.05. The number of anilines is 1. The van der Waals surface area contributed by atoms with Crippen LogP contribution in [0.3, 0.4) is 0 Å². The average Bonchev–Trinajstić information content (AvgIpc) is 3.27. The summed E-state index contributed by atoms with van der Waals surface area (Å²) >= 11 is 1.78. The van der Waals surface area contributed by atoms with Gasteiger partial charge in [-0.2, -0.15) is 0 Å². The Morgan fingerprint density at radius 2 is 2.12 bits per heavy atom. The summed E-state index contributed by atoms with van der Waals surface area (Å²) in [6.07, 6.45) is 5.14. The van der Waals surface area contributed by atoms with Gasteiger partial charge in [-0.3, -0.25) is 0 Å². The van der Waals surface area contributed by atoms with Crippen molar-refractivity contribution < 1.29 is 4.74 Å². The predicted octanol–water partition coefficient (Wildman–Crippen LogP) is 2.79. The molecule has 0 atom stereocenters. The Balaban J connectivity index is 1.27. The predicted molar refractivity (Wildman–Crippen MR) is 98.9 cm³/mol. The van der Waals surface area contributed by atoms with E-state index in [0.717, 1.165) is 50.9 Å². The lowest BCUT2D eigenvalue weighted by molar-refractivity contribution is 0.122. The maximum absolute atomic E-state index is 5.39. The number of nitrogens with zero attached hydrogens (tertiary/aromatic N) is 2. The number of H-pyrrole nitrogens is 1. The molecule has 1 aliphatic heterocycles. The molecule has 1 aliphatic rings. The van der Waals surface area contributed by atoms with Crippen LogP contribution in [0.4, 0.5) is 5.13 Å². The van der Waals surface area contributed by atoms with E-state index in [1.54, 1.807) is 11.3 Å². The molecule has 1 fully saturated rings. The van der Waals surface area contributed by atoms with Crippen molar-refractivity contribution in [2.24, 2.45) is 0 Å². The quantitative estimate of drug-likeness (QED) is 0.677. The van der Waals surface area contributed by atoms with Crippen LogP contribution in [0.5, 0.6) is 0 Å². The number of aromatic amines is 1. The topological polar surface area (TPSA) is 53.2 Å². The van der Waals surface area contributed by atoms with Gasteiger partial charge in [-0.15, -0.1) is 11.3 Å². The van der Waals surface area contributed by atoms with Crippen LogP contribution >= 0.6 is 11.3 Å². The lowest BCUT2D eigenvalue weighted by Crippen LogP contribution is -2.36. The minimum Gasteiger partial charge on any atom is -0.378 e. The van der Waals surface area contributed by atoms with Crippen molar-refractivity contribution in [3.63, 3.8) is 0 Å². The number of hydrogen-bond acceptors (Lipinski definition) is 5. The first-order chi connectivity index (χ1) is 11.9. The second-order valence-electron chi connectivity index (χ2n) is 5.99. The number of ether oxygens (including phenoxy) is 1. The Kier molecular flexibility index (Phi) is 4.78. The first kappa shape index (κ1) is 15.6. The highest BCUT2D eigenvalue weighted by Gasteiger charge is 2.14. The van der Waals surface area contributed by atoms with Gasteiger partial charge in [-0.25, -0.2) is 4.98 Å². The molecule has 0 aliphatic carbocycles. The van der Waals surface area contributed by atoms with E-state index in [9.17, 15) is 0 Å². The lowest BCUT2D eigenvalue weighted by Gasteiger charge is -2.25. The van der Waals surface area contributed by atoms with Crippen LogP contribution in [0.15, 0.2) is 36.7 Å². The number of morpholine rings is 1. The highest BCUT2D eigenvalue weighted by atomic mass is 32.1. The number of benzene rings is 1. The maximum atomic E-state index is 5.39. The van der Waals surface area contributed by atoms with Crippen molar-refractivity contribution in [1.82, 2.24) is 15.3 Å². The van der Waals surface area contributed by atoms with Gasteiger partial charge in [0.1, 0.15) is 0 Å². The van der Waals surface area contributed by atoms with Crippen molar-refractivity contribution in [3.8, 4) is 0 Å². The Morgan fingerprint density at radius 1 is 1.25 bits per heavy atom. The molecule has 3 aromatic rings. The van der Waals surface area contributed by atoms with Crippen molar-refractivity contribution in [2.75, 3.05) is 37.7 Å². The van der Waals surface area contributed by atoms with Crippen molar-refractivity contribution in [3.05, 3.63) is 47.1 Å². The molecule has 0 saturated carbocycles. The summed E-state index contributed by atoms with van der Waals surface area (Å²) in [5, 5.41) is 5.98. The third kappa shape index (κ3) is 3.45. The summed E-state index contributed by atoms with van der Waals surface area (Å²) in [4.78, 5) is 11.5. The van der Waals surface area contributed by atoms with Crippen LogP contribution in [-0.4, -0.2) is 42.8 Å². The molecule has 2 aromatic heterocycles. The van der Waals surface area contributed by atoms with Crippen LogP contribution in [0.1, 0.15) is 10.4 Å². The van der Waals surface area contributed by atoms with Gasteiger partial charge >= 0.3 is 0 Å². The van der Waals surface area contributed by atoms with Crippen LogP contribution < -0.4 is 10.2 Å². The molecule has 0 bridgehead atoms. The maximum Gasteiger partial charge on any atom is 0.185 e. The Morgan fingerprint density at radius 3 is 3.04 bits per heavy atom. The highest BCUT2D eigenvalue weighted by molar-refractivity contribution is 7.15. The molecule has 6 heteroatoms. The van der Waals surface area contributed by atoms with Gasteiger partial charge in [0.05, 0.1) is 13.2 Å². The standard InChI is InChI=1S/C18H22N4OS/c1-2-4-17-16(3-1)14(11-20-17)5-6-19-12-15-13-21-18(24-15)22-7-9-23-10-8-22/h1-4,11,13,19-20H,5-10,12H2. The molecule has 24 heavy (non-hydrogen) atoms. The zero-order chi connectivity index (χ0) is 16.2. The van der Waals surface area contributed by atoms with Crippen LogP contribution in [0.2, 0.25) is 0 Å². The average molecular weight is 342 g/mol. The number of rotatable bonds is 6. The molecular formula is C18H22N4OS. The summed E-state index contributed by atoms with van der Waals surface area (Å²) in [5.41, 5.74) is 2.58. The van der Waals surface area contributed by atoms with E-state index >= 15 is 0 Å². The van der Waals surface area contributed by atoms with Crippen molar-refractivity contribution in [2.45, 2.75) is 13.0 Å². The van der Waals surface area contributed by atoms with Gasteiger partial charge in [-0.05, 0) is 24.6 Å². The normalized spacial score (nSPS) is 15.2. The molecule has 0 radical (unpaired) electrons. The largest absolute Gasteiger partial charge is 0.378 e. The molecule has 126 valence electrons. The Labute approximate surface area is 145 Å². The second-order valence-corrected chi connectivity index (χ2v) is 7.09. The molecule has 4 rings (SSSR count). The van der Waals surface area contributed by atoms with Crippen molar-refractivity contribution >= 4 is 27.4 Å². The number of nitrogens with one attached hydrogen (secondary N) is 2. The molecule has 0 amide bonds. The fraction of sp³-hybridized carbons (Fsp3) is 0.389. The minimum atomic E-state index is 0.803. The number of aromatic nitrogens is 2. The van der Waals surface area contributed by atoms with Gasteiger partial charge in [0.25, 0.3) is 0 Å². The zero-order valence-corrected chi connectivity index (χ0v) is 14.4. The minimum absolute atomic E-state index is 0.803. The Hall–Kier alpha value is -1.89. The van der Waals surface area contributed by atoms with E-state index in [4.69, 9.17) is 4.74 Å². The van der Waals surface area contributed by atoms with Gasteiger partial charge in [0.2, 0.25) is 0 Å². The van der Waals surface area contributed by atoms with Gasteiger partial charge in [-0.1, -0.05) is 18.2 Å². The smallest absolute Gasteiger partial charge is 0.185 e. The number of hydrogen-bond donors (Lipinski definition) is 2. The molecule has 0 spiro atoms. The highest BCUT2D eigenvalue weighted by Crippen LogP contribution is 2.23. The molecule has 1 saturated heterocycles. The molecule has 5 nitrogen and oxygen atoms in total. The van der Waals surface area contributed by atoms with Gasteiger partial charge in [0.15, 0.2) is 5.13 Å². The fourth-order valence-corrected chi connectivity index (χ4v) is 3.98. The van der Waals surface area contributed by atoms with Crippen molar-refractivity contribution in [1.29, 1.82) is 0 Å². The third-order valence-corrected chi connectivity index (χ3v) is 5.43. The molecule has 3 heterocycles. The van der Waals surface area contributed by atoms with Crippen LogP contribution in [0, 0.1) is 0 Å². The summed E-state index contributed by atoms with van der Waals surface area (Å²) < 4.78 is 5.39. The first-order valence-corrected chi connectivity index (χ1v) is 9.25. The molecule has 0 unspecified atom stereocenters. The van der Waals surface area contributed by atoms with E-state index < -0.39 is 0 Å². The summed E-state index contributed by atoms with van der Waals surface area (Å²) in [6.45, 7) is 5.34. The van der Waals surface area contributed by atoms with Gasteiger partial charge in [0, 0.05) is 47.8 Å². The van der Waals surface area contributed by atoms with Crippen LogP contribution in [-0.2, 0) is 17.7 Å². The lowest BCUT2D eigenvalue weighted by atomic mass is 10.1. The number of fused-ring (bicyclic) bond motifs is 1. The van der Waals surface area contributed by atoms with E-state index in [-0.39, 0.29) is 0 Å². The molecule has 1 aromatic carbocycles. The van der Waals surface area contributed by atoms with E-state index in [1.165, 1.54) is 21.3 Å². The summed E-state index contributed by atoms with van der Waals surface area (Å²) in [5.74, 6) is 0. The zero-order valence-electron chi connectivity index (χ0n) is 13.6. The Bertz CT molecular complexity index is 791. The SMILES string of the molecule is c1ccc2c(CCNCc3cnc(N4CCOCC4)s3)c[nH]c2c1.